The second kappa shape index (κ2) is 4.80. The van der Waals surface area contributed by atoms with Crippen LogP contribution in [0.4, 0.5) is 0 Å². The number of benzene rings is 1. The van der Waals surface area contributed by atoms with Gasteiger partial charge in [-0.05, 0) is 30.2 Å². The predicted octanol–water partition coefficient (Wildman–Crippen LogP) is 2.79. The third kappa shape index (κ3) is 2.59. The Balaban J connectivity index is 3.03. The zero-order valence-electron chi connectivity index (χ0n) is 7.70. The molecular weight excluding hydrogens is 196 g/mol. The van der Waals surface area contributed by atoms with Gasteiger partial charge < -0.3 is 5.73 Å². The predicted molar refractivity (Wildman–Crippen MR) is 57.9 cm³/mol. The summed E-state index contributed by atoms with van der Waals surface area (Å²) in [5, 5.41) is 9.27. The molecule has 2 N–H and O–H groups in total. The molecule has 0 aromatic heterocycles. The Morgan fingerprint density at radius 3 is 2.86 bits per heavy atom. The molecule has 72 valence electrons. The van der Waals surface area contributed by atoms with Gasteiger partial charge in [0.05, 0.1) is 11.6 Å². The number of hydrogen-bond acceptors (Lipinski definition) is 2. The maximum Gasteiger partial charge on any atom is 0.0992 e. The van der Waals surface area contributed by atoms with Crippen molar-refractivity contribution >= 4 is 11.6 Å². The van der Waals surface area contributed by atoms with E-state index in [1.54, 1.807) is 24.3 Å². The molecule has 0 radical (unpaired) electrons. The minimum Gasteiger partial charge on any atom is -0.324 e. The molecule has 0 fully saturated rings. The summed E-state index contributed by atoms with van der Waals surface area (Å²) < 4.78 is 0. The smallest absolute Gasteiger partial charge is 0.0992 e. The molecule has 1 aromatic carbocycles. The normalized spacial score (nSPS) is 11.8. The summed E-state index contributed by atoms with van der Waals surface area (Å²) in [5.41, 5.74) is 7.26. The summed E-state index contributed by atoms with van der Waals surface area (Å²) in [7, 11) is 0. The van der Waals surface area contributed by atoms with Crippen LogP contribution < -0.4 is 5.73 Å². The lowest BCUT2D eigenvalue weighted by Gasteiger charge is -2.09. The van der Waals surface area contributed by atoms with Gasteiger partial charge >= 0.3 is 0 Å². The second-order valence-corrected chi connectivity index (χ2v) is 3.45. The lowest BCUT2D eigenvalue weighted by molar-refractivity contribution is 0.741. The summed E-state index contributed by atoms with van der Waals surface area (Å²) in [6.45, 7) is 3.61. The van der Waals surface area contributed by atoms with Crippen LogP contribution in [-0.2, 0) is 0 Å². The minimum absolute atomic E-state index is 0.140. The van der Waals surface area contributed by atoms with Gasteiger partial charge in [-0.2, -0.15) is 5.26 Å². The van der Waals surface area contributed by atoms with Crippen LogP contribution in [0.5, 0.6) is 0 Å². The zero-order chi connectivity index (χ0) is 10.6. The fourth-order valence-electron chi connectivity index (χ4n) is 1.21. The number of nitrogens with zero attached hydrogens (tertiary/aromatic N) is 1. The molecule has 0 saturated heterocycles. The molecule has 3 heteroatoms. The van der Waals surface area contributed by atoms with E-state index in [4.69, 9.17) is 22.6 Å². The molecule has 14 heavy (non-hydrogen) atoms. The summed E-state index contributed by atoms with van der Waals surface area (Å²) >= 11 is 5.84. The van der Waals surface area contributed by atoms with E-state index < -0.39 is 0 Å². The third-order valence-electron chi connectivity index (χ3n) is 1.90. The first kappa shape index (κ1) is 10.8. The highest BCUT2D eigenvalue weighted by Crippen LogP contribution is 2.20. The van der Waals surface area contributed by atoms with Crippen LogP contribution in [-0.4, -0.2) is 0 Å². The van der Waals surface area contributed by atoms with Crippen LogP contribution in [0.2, 0.25) is 5.02 Å². The van der Waals surface area contributed by atoms with E-state index in [0.29, 0.717) is 17.0 Å². The fourth-order valence-corrected chi connectivity index (χ4v) is 1.45. The van der Waals surface area contributed by atoms with Crippen LogP contribution in [0.3, 0.4) is 0 Å². The van der Waals surface area contributed by atoms with Gasteiger partial charge in [-0.3, -0.25) is 0 Å². The molecule has 1 atom stereocenters. The first-order valence-corrected chi connectivity index (χ1v) is 4.62. The number of halogens is 1. The molecule has 0 bridgehead atoms. The summed E-state index contributed by atoms with van der Waals surface area (Å²) in [4.78, 5) is 0. The van der Waals surface area contributed by atoms with E-state index in [1.165, 1.54) is 0 Å². The van der Waals surface area contributed by atoms with E-state index in [1.807, 2.05) is 6.07 Å². The van der Waals surface area contributed by atoms with Crippen molar-refractivity contribution < 1.29 is 0 Å². The highest BCUT2D eigenvalue weighted by molar-refractivity contribution is 6.30. The highest BCUT2D eigenvalue weighted by Gasteiger charge is 2.06. The van der Waals surface area contributed by atoms with Gasteiger partial charge in [-0.25, -0.2) is 0 Å². The van der Waals surface area contributed by atoms with E-state index in [9.17, 15) is 0 Å². The Labute approximate surface area is 88.6 Å². The molecule has 0 unspecified atom stereocenters. The molecule has 0 amide bonds. The second-order valence-electron chi connectivity index (χ2n) is 3.02. The Hall–Kier alpha value is -1.30. The fraction of sp³-hybridized carbons (Fsp3) is 0.182. The van der Waals surface area contributed by atoms with Crippen LogP contribution in [0, 0.1) is 11.3 Å². The number of nitriles is 1. The molecular formula is C11H11ClN2. The topological polar surface area (TPSA) is 49.8 Å². The standard InChI is InChI=1S/C11H11ClN2/c1-2-3-11(14)9-4-8(7-13)5-10(12)6-9/h2,4-6,11H,1,3,14H2/t11-/m1/s1. The molecule has 1 aromatic rings. The van der Waals surface area contributed by atoms with Crippen molar-refractivity contribution in [2.24, 2.45) is 5.73 Å². The third-order valence-corrected chi connectivity index (χ3v) is 2.12. The molecule has 0 saturated carbocycles. The van der Waals surface area contributed by atoms with E-state index in [2.05, 4.69) is 6.58 Å². The summed E-state index contributed by atoms with van der Waals surface area (Å²) in [6.07, 6.45) is 2.42. The minimum atomic E-state index is -0.140. The van der Waals surface area contributed by atoms with E-state index in [0.717, 1.165) is 5.56 Å². The van der Waals surface area contributed by atoms with Gasteiger partial charge in [0.2, 0.25) is 0 Å². The Morgan fingerprint density at radius 2 is 2.29 bits per heavy atom. The quantitative estimate of drug-likeness (QED) is 0.774. The lowest BCUT2D eigenvalue weighted by Crippen LogP contribution is -2.09. The number of nitrogens with two attached hydrogens (primary N) is 1. The van der Waals surface area contributed by atoms with Gasteiger partial charge in [0.15, 0.2) is 0 Å². The van der Waals surface area contributed by atoms with Crippen molar-refractivity contribution in [3.63, 3.8) is 0 Å². The molecule has 1 rings (SSSR count). The highest BCUT2D eigenvalue weighted by atomic mass is 35.5. The first-order chi connectivity index (χ1) is 6.67. The van der Waals surface area contributed by atoms with E-state index in [-0.39, 0.29) is 6.04 Å². The van der Waals surface area contributed by atoms with Crippen molar-refractivity contribution in [3.05, 3.63) is 47.0 Å². The van der Waals surface area contributed by atoms with E-state index >= 15 is 0 Å². The van der Waals surface area contributed by atoms with Crippen LogP contribution in [0.1, 0.15) is 23.6 Å². The van der Waals surface area contributed by atoms with Crippen molar-refractivity contribution in [2.45, 2.75) is 12.5 Å². The van der Waals surface area contributed by atoms with Crippen LogP contribution >= 0.6 is 11.6 Å². The van der Waals surface area contributed by atoms with Crippen molar-refractivity contribution in [1.29, 1.82) is 5.26 Å². The van der Waals surface area contributed by atoms with Crippen LogP contribution in [0.15, 0.2) is 30.9 Å². The molecule has 0 aliphatic carbocycles. The number of hydrogen-bond donors (Lipinski definition) is 1. The van der Waals surface area contributed by atoms with Gasteiger partial charge in [0, 0.05) is 11.1 Å². The number of rotatable bonds is 3. The van der Waals surface area contributed by atoms with Gasteiger partial charge in [0.1, 0.15) is 0 Å². The van der Waals surface area contributed by atoms with Gasteiger partial charge in [-0.1, -0.05) is 17.7 Å². The molecule has 0 aliphatic heterocycles. The molecule has 0 aliphatic rings. The summed E-state index contributed by atoms with van der Waals surface area (Å²) in [5.74, 6) is 0. The average Bonchev–Trinajstić information content (AvgIpc) is 2.17. The lowest BCUT2D eigenvalue weighted by atomic mass is 10.0. The average molecular weight is 207 g/mol. The van der Waals surface area contributed by atoms with Crippen molar-refractivity contribution in [3.8, 4) is 6.07 Å². The van der Waals surface area contributed by atoms with Gasteiger partial charge in [-0.15, -0.1) is 6.58 Å². The molecule has 0 heterocycles. The molecule has 2 nitrogen and oxygen atoms in total. The Kier molecular flexibility index (Phi) is 3.70. The first-order valence-electron chi connectivity index (χ1n) is 4.24. The Morgan fingerprint density at radius 1 is 1.57 bits per heavy atom. The molecule has 0 spiro atoms. The summed E-state index contributed by atoms with van der Waals surface area (Å²) in [6, 6.07) is 7.04. The van der Waals surface area contributed by atoms with Crippen molar-refractivity contribution in [1.82, 2.24) is 0 Å². The van der Waals surface area contributed by atoms with Gasteiger partial charge in [0.25, 0.3) is 0 Å². The monoisotopic (exact) mass is 206 g/mol. The SMILES string of the molecule is C=CC[C@@H](N)c1cc(Cl)cc(C#N)c1. The Bertz CT molecular complexity index is 379. The zero-order valence-corrected chi connectivity index (χ0v) is 8.46. The maximum atomic E-state index is 8.73. The largest absolute Gasteiger partial charge is 0.324 e. The maximum absolute atomic E-state index is 8.73. The van der Waals surface area contributed by atoms with Crippen molar-refractivity contribution in [2.75, 3.05) is 0 Å². The van der Waals surface area contributed by atoms with Crippen LogP contribution in [0.25, 0.3) is 0 Å².